The van der Waals surface area contributed by atoms with Gasteiger partial charge in [-0.05, 0) is 79.5 Å². The summed E-state index contributed by atoms with van der Waals surface area (Å²) in [5.41, 5.74) is 6.95. The standard InChI is InChI=1S/C30H47N/c1-4-7-10-13-17-26-20-16-21-29(23-26)31-30-24-27(18-14-11-8-5-2)22-28(25-30)19-15-12-9-6-3/h16,20-25,31H,4-15,17-19H2,1-3H3. The Morgan fingerprint density at radius 2 is 0.968 bits per heavy atom. The van der Waals surface area contributed by atoms with Gasteiger partial charge in [-0.3, -0.25) is 0 Å². The van der Waals surface area contributed by atoms with Gasteiger partial charge in [-0.15, -0.1) is 0 Å². The monoisotopic (exact) mass is 421 g/mol. The van der Waals surface area contributed by atoms with Crippen molar-refractivity contribution in [3.05, 3.63) is 59.2 Å². The van der Waals surface area contributed by atoms with Gasteiger partial charge in [-0.1, -0.05) is 96.8 Å². The summed E-state index contributed by atoms with van der Waals surface area (Å²) in [6.45, 7) is 6.86. The van der Waals surface area contributed by atoms with Gasteiger partial charge in [0.2, 0.25) is 0 Å². The number of aryl methyl sites for hydroxylation is 3. The lowest BCUT2D eigenvalue weighted by molar-refractivity contribution is 0.661. The molecule has 0 heterocycles. The van der Waals surface area contributed by atoms with Crippen molar-refractivity contribution in [1.82, 2.24) is 0 Å². The lowest BCUT2D eigenvalue weighted by Crippen LogP contribution is -1.97. The van der Waals surface area contributed by atoms with Crippen LogP contribution in [0.1, 0.15) is 115 Å². The molecule has 2 rings (SSSR count). The molecule has 0 saturated carbocycles. The van der Waals surface area contributed by atoms with Crippen LogP contribution in [0.5, 0.6) is 0 Å². The zero-order chi connectivity index (χ0) is 22.2. The highest BCUT2D eigenvalue weighted by molar-refractivity contribution is 5.62. The molecule has 0 bridgehead atoms. The molecule has 1 N–H and O–H groups in total. The molecule has 2 aromatic carbocycles. The summed E-state index contributed by atoms with van der Waals surface area (Å²) >= 11 is 0. The van der Waals surface area contributed by atoms with Gasteiger partial charge in [0, 0.05) is 11.4 Å². The van der Waals surface area contributed by atoms with Gasteiger partial charge in [-0.25, -0.2) is 0 Å². The molecule has 0 saturated heterocycles. The van der Waals surface area contributed by atoms with Crippen LogP contribution in [0.25, 0.3) is 0 Å². The van der Waals surface area contributed by atoms with Crippen LogP contribution in [0.15, 0.2) is 42.5 Å². The molecular formula is C30H47N. The van der Waals surface area contributed by atoms with E-state index in [1.165, 1.54) is 124 Å². The number of hydrogen-bond acceptors (Lipinski definition) is 1. The Morgan fingerprint density at radius 1 is 0.484 bits per heavy atom. The molecule has 0 radical (unpaired) electrons. The number of anilines is 2. The van der Waals surface area contributed by atoms with Crippen LogP contribution in [0, 0.1) is 0 Å². The third-order valence-corrected chi connectivity index (χ3v) is 6.23. The van der Waals surface area contributed by atoms with Crippen molar-refractivity contribution in [1.29, 1.82) is 0 Å². The fourth-order valence-electron chi connectivity index (χ4n) is 4.36. The fourth-order valence-corrected chi connectivity index (χ4v) is 4.36. The predicted octanol–water partition coefficient (Wildman–Crippen LogP) is 9.80. The Hall–Kier alpha value is -1.76. The molecule has 0 spiro atoms. The van der Waals surface area contributed by atoms with E-state index in [1.54, 1.807) is 0 Å². The normalized spacial score (nSPS) is 11.1. The van der Waals surface area contributed by atoms with Crippen LogP contribution in [0.2, 0.25) is 0 Å². The molecule has 31 heavy (non-hydrogen) atoms. The molecule has 0 unspecified atom stereocenters. The van der Waals surface area contributed by atoms with Gasteiger partial charge in [0.15, 0.2) is 0 Å². The molecule has 0 amide bonds. The van der Waals surface area contributed by atoms with Gasteiger partial charge in [0.25, 0.3) is 0 Å². The lowest BCUT2D eigenvalue weighted by Gasteiger charge is -2.13. The van der Waals surface area contributed by atoms with Crippen molar-refractivity contribution in [2.45, 2.75) is 117 Å². The SMILES string of the molecule is CCCCCCc1cccc(Nc2cc(CCCCCC)cc(CCCCCC)c2)c1. The Bertz CT molecular complexity index is 688. The highest BCUT2D eigenvalue weighted by Gasteiger charge is 2.04. The molecule has 0 aromatic heterocycles. The molecule has 1 nitrogen and oxygen atoms in total. The molecule has 0 aliphatic heterocycles. The number of rotatable bonds is 17. The number of unbranched alkanes of at least 4 members (excludes halogenated alkanes) is 9. The van der Waals surface area contributed by atoms with Crippen molar-refractivity contribution in [2.75, 3.05) is 5.32 Å². The fraction of sp³-hybridized carbons (Fsp3) is 0.600. The van der Waals surface area contributed by atoms with Crippen molar-refractivity contribution >= 4 is 11.4 Å². The predicted molar refractivity (Wildman–Crippen MR) is 140 cm³/mol. The van der Waals surface area contributed by atoms with Gasteiger partial charge in [0.1, 0.15) is 0 Å². The second kappa shape index (κ2) is 16.0. The second-order valence-electron chi connectivity index (χ2n) is 9.30. The Labute approximate surface area is 193 Å². The molecule has 0 aliphatic rings. The van der Waals surface area contributed by atoms with Crippen molar-refractivity contribution in [2.24, 2.45) is 0 Å². The van der Waals surface area contributed by atoms with E-state index >= 15 is 0 Å². The van der Waals surface area contributed by atoms with E-state index in [1.807, 2.05) is 0 Å². The van der Waals surface area contributed by atoms with Crippen LogP contribution in [0.3, 0.4) is 0 Å². The molecule has 2 aromatic rings. The quantitative estimate of drug-likeness (QED) is 0.251. The topological polar surface area (TPSA) is 12.0 Å². The van der Waals surface area contributed by atoms with E-state index in [0.717, 1.165) is 0 Å². The molecular weight excluding hydrogens is 374 g/mol. The first-order chi connectivity index (χ1) is 15.2. The average Bonchev–Trinajstić information content (AvgIpc) is 2.78. The third-order valence-electron chi connectivity index (χ3n) is 6.23. The number of benzene rings is 2. The summed E-state index contributed by atoms with van der Waals surface area (Å²) in [4.78, 5) is 0. The minimum atomic E-state index is 1.19. The lowest BCUT2D eigenvalue weighted by atomic mass is 9.99. The second-order valence-corrected chi connectivity index (χ2v) is 9.30. The summed E-state index contributed by atoms with van der Waals surface area (Å²) in [5.74, 6) is 0. The zero-order valence-electron chi connectivity index (χ0n) is 20.6. The molecule has 1 heteroatoms. The zero-order valence-corrected chi connectivity index (χ0v) is 20.6. The highest BCUT2D eigenvalue weighted by Crippen LogP contribution is 2.24. The smallest absolute Gasteiger partial charge is 0.0389 e. The van der Waals surface area contributed by atoms with E-state index in [2.05, 4.69) is 68.6 Å². The van der Waals surface area contributed by atoms with Crippen LogP contribution >= 0.6 is 0 Å². The summed E-state index contributed by atoms with van der Waals surface area (Å²) in [7, 11) is 0. The van der Waals surface area contributed by atoms with Gasteiger partial charge < -0.3 is 5.32 Å². The number of hydrogen-bond donors (Lipinski definition) is 1. The summed E-state index contributed by atoms with van der Waals surface area (Å²) in [6, 6.07) is 16.3. The maximum absolute atomic E-state index is 3.73. The first-order valence-electron chi connectivity index (χ1n) is 13.2. The summed E-state index contributed by atoms with van der Waals surface area (Å²) in [6.07, 6.45) is 19.5. The Kier molecular flexibility index (Phi) is 13.1. The van der Waals surface area contributed by atoms with Crippen molar-refractivity contribution < 1.29 is 0 Å². The summed E-state index contributed by atoms with van der Waals surface area (Å²) < 4.78 is 0. The van der Waals surface area contributed by atoms with E-state index in [4.69, 9.17) is 0 Å². The van der Waals surface area contributed by atoms with Crippen molar-refractivity contribution in [3.63, 3.8) is 0 Å². The maximum atomic E-state index is 3.73. The van der Waals surface area contributed by atoms with Crippen molar-refractivity contribution in [3.8, 4) is 0 Å². The van der Waals surface area contributed by atoms with Crippen LogP contribution in [-0.2, 0) is 19.3 Å². The molecule has 0 fully saturated rings. The molecule has 0 atom stereocenters. The Balaban J connectivity index is 2.04. The van der Waals surface area contributed by atoms with E-state index < -0.39 is 0 Å². The third kappa shape index (κ3) is 10.9. The summed E-state index contributed by atoms with van der Waals surface area (Å²) in [5, 5.41) is 3.73. The highest BCUT2D eigenvalue weighted by atomic mass is 14.9. The minimum Gasteiger partial charge on any atom is -0.356 e. The van der Waals surface area contributed by atoms with Gasteiger partial charge in [0.05, 0.1) is 0 Å². The van der Waals surface area contributed by atoms with E-state index in [9.17, 15) is 0 Å². The Morgan fingerprint density at radius 3 is 1.48 bits per heavy atom. The van der Waals surface area contributed by atoms with Crippen LogP contribution in [-0.4, -0.2) is 0 Å². The number of nitrogens with one attached hydrogen (secondary N) is 1. The largest absolute Gasteiger partial charge is 0.356 e. The van der Waals surface area contributed by atoms with E-state index in [-0.39, 0.29) is 0 Å². The first-order valence-corrected chi connectivity index (χ1v) is 13.2. The van der Waals surface area contributed by atoms with Gasteiger partial charge >= 0.3 is 0 Å². The van der Waals surface area contributed by atoms with E-state index in [0.29, 0.717) is 0 Å². The van der Waals surface area contributed by atoms with Gasteiger partial charge in [-0.2, -0.15) is 0 Å². The van der Waals surface area contributed by atoms with Crippen LogP contribution < -0.4 is 5.32 Å². The first kappa shape index (κ1) is 25.5. The maximum Gasteiger partial charge on any atom is 0.0389 e. The minimum absolute atomic E-state index is 1.19. The molecule has 172 valence electrons. The molecule has 0 aliphatic carbocycles. The van der Waals surface area contributed by atoms with Crippen LogP contribution in [0.4, 0.5) is 11.4 Å². The average molecular weight is 422 g/mol.